The molecule has 0 aliphatic carbocycles. The number of nitrogens with zero attached hydrogens (tertiary/aromatic N) is 10. The van der Waals surface area contributed by atoms with Crippen molar-refractivity contribution in [2.75, 3.05) is 73.6 Å². The molecule has 1 aliphatic heterocycles. The van der Waals surface area contributed by atoms with E-state index in [2.05, 4.69) is 113 Å². The summed E-state index contributed by atoms with van der Waals surface area (Å²) < 4.78 is 15.4. The van der Waals surface area contributed by atoms with Crippen molar-refractivity contribution in [3.8, 4) is 34.3 Å². The third kappa shape index (κ3) is 12.7. The fourth-order valence-electron chi connectivity index (χ4n) is 8.97. The number of hydrogen-bond donors (Lipinski definition) is 4. The number of methoxy groups -OCH3 is 2. The summed E-state index contributed by atoms with van der Waals surface area (Å²) in [6, 6.07) is 31.1. The molecule has 18 nitrogen and oxygen atoms in total. The number of benzene rings is 4. The second-order valence-electron chi connectivity index (χ2n) is 18.1. The molecule has 9 rings (SSSR count). The normalized spacial score (nSPS) is 12.4. The van der Waals surface area contributed by atoms with E-state index in [0.29, 0.717) is 57.6 Å². The molecule has 0 radical (unpaired) electrons. The number of carbonyl (C=O) groups is 2. The van der Waals surface area contributed by atoms with E-state index >= 15 is 0 Å². The molecule has 1 aliphatic rings. The zero-order chi connectivity index (χ0) is 53.9. The van der Waals surface area contributed by atoms with Gasteiger partial charge in [-0.2, -0.15) is 10.2 Å². The monoisotopic (exact) mass is 1090 g/mol. The van der Waals surface area contributed by atoms with Gasteiger partial charge < -0.3 is 40.5 Å². The maximum atomic E-state index is 13.2. The lowest BCUT2D eigenvalue weighted by Crippen LogP contribution is -2.44. The van der Waals surface area contributed by atoms with Gasteiger partial charge in [0.05, 0.1) is 48.4 Å². The lowest BCUT2D eigenvalue weighted by molar-refractivity contribution is 0.101. The molecule has 19 heteroatoms. The summed E-state index contributed by atoms with van der Waals surface area (Å²) in [7, 11) is 9.01. The van der Waals surface area contributed by atoms with Gasteiger partial charge in [0.1, 0.15) is 11.5 Å². The molecule has 4 N–H and O–H groups in total. The molecule has 8 aromatic rings. The van der Waals surface area contributed by atoms with Crippen molar-refractivity contribution in [3.05, 3.63) is 148 Å². The molecule has 0 atom stereocenters. The van der Waals surface area contributed by atoms with E-state index in [1.807, 2.05) is 66.7 Å². The lowest BCUT2D eigenvalue weighted by atomic mass is 10.0. The summed E-state index contributed by atoms with van der Waals surface area (Å²) in [5, 5.41) is 21.6. The predicted molar refractivity (Wildman–Crippen MR) is 305 cm³/mol. The van der Waals surface area contributed by atoms with Gasteiger partial charge in [0.25, 0.3) is 11.8 Å². The molecule has 394 valence electrons. The van der Waals surface area contributed by atoms with Crippen LogP contribution in [0.4, 0.5) is 40.3 Å². The number of likely N-dealkylation sites (N-methyl/N-ethyl adjacent to an activating group) is 1. The summed E-state index contributed by atoms with van der Waals surface area (Å²) >= 11 is 3.44. The number of ether oxygens (including phenoxy) is 2. The molecule has 0 spiro atoms. The average Bonchev–Trinajstić information content (AvgIpc) is 4.05. The minimum Gasteiger partial charge on any atom is -0.495 e. The maximum absolute atomic E-state index is 13.2. The molecule has 76 heavy (non-hydrogen) atoms. The Hall–Kier alpha value is -8.16. The predicted octanol–water partition coefficient (Wildman–Crippen LogP) is 10.5. The SMILES string of the molecule is CCc1cccc(CC)c1NC(=O)c1cc(-c2ccnc(Nc3ccc(Br)cc3OC)n2)n(C)n1.CCc1cccc(CC)c1NC(=O)c1cc(-c2ccnc(Nc3ccc(N4CCN(C)CC4)cc3OC)n2)n(C)n1. The summed E-state index contributed by atoms with van der Waals surface area (Å²) in [6.07, 6.45) is 6.67. The van der Waals surface area contributed by atoms with Crippen LogP contribution in [0.25, 0.3) is 22.8 Å². The molecule has 1 fully saturated rings. The number of rotatable bonds is 17. The number of anilines is 7. The van der Waals surface area contributed by atoms with E-state index in [4.69, 9.17) is 14.5 Å². The van der Waals surface area contributed by atoms with E-state index < -0.39 is 0 Å². The second-order valence-corrected chi connectivity index (χ2v) is 19.0. The number of halogens is 1. The third-order valence-electron chi connectivity index (χ3n) is 13.2. The van der Waals surface area contributed by atoms with Gasteiger partial charge in [-0.1, -0.05) is 80.0 Å². The molecular weight excluding hydrogens is 1020 g/mol. The van der Waals surface area contributed by atoms with Gasteiger partial charge in [-0.05, 0) is 110 Å². The smallest absolute Gasteiger partial charge is 0.276 e. The van der Waals surface area contributed by atoms with Gasteiger partial charge in [-0.25, -0.2) is 19.9 Å². The van der Waals surface area contributed by atoms with Gasteiger partial charge in [0.2, 0.25) is 11.9 Å². The van der Waals surface area contributed by atoms with Gasteiger partial charge >= 0.3 is 0 Å². The first-order chi connectivity index (χ1) is 36.8. The number of para-hydroxylation sites is 2. The van der Waals surface area contributed by atoms with Crippen LogP contribution in [0.15, 0.2) is 114 Å². The van der Waals surface area contributed by atoms with Crippen molar-refractivity contribution in [3.63, 3.8) is 0 Å². The van der Waals surface area contributed by atoms with E-state index in [9.17, 15) is 9.59 Å². The molecule has 0 unspecified atom stereocenters. The summed E-state index contributed by atoms with van der Waals surface area (Å²) in [6.45, 7) is 12.4. The number of hydrogen-bond acceptors (Lipinski definition) is 14. The highest BCUT2D eigenvalue weighted by Gasteiger charge is 2.21. The minimum atomic E-state index is -0.255. The molecule has 4 aromatic heterocycles. The van der Waals surface area contributed by atoms with Crippen molar-refractivity contribution in [1.29, 1.82) is 0 Å². The van der Waals surface area contributed by atoms with Crippen molar-refractivity contribution in [2.45, 2.75) is 53.4 Å². The first-order valence-electron chi connectivity index (χ1n) is 25.4. The fourth-order valence-corrected chi connectivity index (χ4v) is 9.31. The highest BCUT2D eigenvalue weighted by molar-refractivity contribution is 9.10. The third-order valence-corrected chi connectivity index (χ3v) is 13.7. The highest BCUT2D eigenvalue weighted by atomic mass is 79.9. The van der Waals surface area contributed by atoms with Crippen LogP contribution in [0.3, 0.4) is 0 Å². The zero-order valence-corrected chi connectivity index (χ0v) is 46.1. The first-order valence-corrected chi connectivity index (χ1v) is 26.2. The van der Waals surface area contributed by atoms with Crippen molar-refractivity contribution in [1.82, 2.24) is 44.4 Å². The van der Waals surface area contributed by atoms with Crippen LogP contribution in [-0.2, 0) is 39.8 Å². The summed E-state index contributed by atoms with van der Waals surface area (Å²) in [5.41, 5.74) is 12.1. The molecule has 4 aromatic carbocycles. The molecule has 5 heterocycles. The van der Waals surface area contributed by atoms with Crippen LogP contribution in [0.5, 0.6) is 11.5 Å². The number of carbonyl (C=O) groups excluding carboxylic acids is 2. The molecular formula is C57H65BrN14O4. The average molecular weight is 1090 g/mol. The quantitative estimate of drug-likeness (QED) is 0.0673. The van der Waals surface area contributed by atoms with Crippen LogP contribution >= 0.6 is 15.9 Å². The van der Waals surface area contributed by atoms with Crippen LogP contribution in [-0.4, -0.2) is 104 Å². The van der Waals surface area contributed by atoms with Gasteiger partial charge in [-0.3, -0.25) is 19.0 Å². The van der Waals surface area contributed by atoms with Crippen LogP contribution in [0.2, 0.25) is 0 Å². The number of amides is 2. The van der Waals surface area contributed by atoms with Crippen LogP contribution < -0.4 is 35.6 Å². The Morgan fingerprint density at radius 1 is 0.566 bits per heavy atom. The largest absolute Gasteiger partial charge is 0.495 e. The maximum Gasteiger partial charge on any atom is 0.276 e. The molecule has 1 saturated heterocycles. The van der Waals surface area contributed by atoms with Crippen LogP contribution in [0.1, 0.15) is 70.9 Å². The number of piperazine rings is 1. The fraction of sp³-hybridized carbons (Fsp3) is 0.298. The Bertz CT molecular complexity index is 3290. The van der Waals surface area contributed by atoms with Gasteiger partial charge in [0, 0.05) is 80.3 Å². The Morgan fingerprint density at radius 2 is 1.00 bits per heavy atom. The zero-order valence-electron chi connectivity index (χ0n) is 44.5. The number of nitrogens with one attached hydrogen (secondary N) is 4. The Morgan fingerprint density at radius 3 is 1.43 bits per heavy atom. The topological polar surface area (TPSA) is 194 Å². The van der Waals surface area contributed by atoms with Crippen molar-refractivity contribution in [2.24, 2.45) is 14.1 Å². The number of aryl methyl sites for hydroxylation is 6. The van der Waals surface area contributed by atoms with E-state index in [0.717, 1.165) is 107 Å². The second kappa shape index (κ2) is 24.9. The summed E-state index contributed by atoms with van der Waals surface area (Å²) in [5.74, 6) is 1.69. The standard InChI is InChI=1S/C31H38N8O2.C26H27BrN6O2/c1-6-21-9-8-10-22(7-2)29(21)35-30(40)26-20-27(38(4)36-26)24-13-14-32-31(33-24)34-25-12-11-23(19-28(25)41-5)39-17-15-37(3)16-18-39;1-5-16-8-7-9-17(6-2)24(16)31-25(34)21-15-22(33(3)32-21)19-12-13-28-26(29-19)30-20-11-10-18(27)14-23(20)35-4/h8-14,19-20H,6-7,15-18H2,1-5H3,(H,35,40)(H,32,33,34);7-15H,5-6H2,1-4H3,(H,31,34)(H,28,29,30). The van der Waals surface area contributed by atoms with E-state index in [-0.39, 0.29) is 11.8 Å². The number of aromatic nitrogens is 8. The summed E-state index contributed by atoms with van der Waals surface area (Å²) in [4.78, 5) is 49.1. The minimum absolute atomic E-state index is 0.250. The van der Waals surface area contributed by atoms with Crippen LogP contribution in [0, 0.1) is 0 Å². The lowest BCUT2D eigenvalue weighted by Gasteiger charge is -2.34. The molecule has 0 bridgehead atoms. The first kappa shape index (κ1) is 54.1. The van der Waals surface area contributed by atoms with E-state index in [1.165, 1.54) is 0 Å². The van der Waals surface area contributed by atoms with Gasteiger partial charge in [0.15, 0.2) is 11.4 Å². The van der Waals surface area contributed by atoms with Crippen molar-refractivity contribution < 1.29 is 19.1 Å². The highest BCUT2D eigenvalue weighted by Crippen LogP contribution is 2.34. The van der Waals surface area contributed by atoms with E-state index in [1.54, 1.807) is 74.3 Å². The molecule has 2 amide bonds. The Kier molecular flexibility index (Phi) is 17.7. The van der Waals surface area contributed by atoms with Gasteiger partial charge in [-0.15, -0.1) is 0 Å². The Balaban J connectivity index is 0.000000204. The van der Waals surface area contributed by atoms with Crippen molar-refractivity contribution >= 4 is 68.1 Å². The molecule has 0 saturated carbocycles. The Labute approximate surface area is 452 Å².